The lowest BCUT2D eigenvalue weighted by atomic mass is 10.1. The molecule has 17 heavy (non-hydrogen) atoms. The average molecular weight is 274 g/mol. The Hall–Kier alpha value is -1.30. The molecule has 2 aromatic rings. The highest BCUT2D eigenvalue weighted by Gasteiger charge is 2.25. The van der Waals surface area contributed by atoms with Crippen molar-refractivity contribution in [3.8, 4) is 0 Å². The molecule has 2 N–H and O–H groups in total. The molecular formula is C10H9Cl2N3O2. The summed E-state index contributed by atoms with van der Waals surface area (Å²) >= 11 is 12.1. The van der Waals surface area contributed by atoms with Gasteiger partial charge in [-0.2, -0.15) is 4.98 Å². The first-order valence-corrected chi connectivity index (χ1v) is 5.45. The number of rotatable bonds is 3. The maximum absolute atomic E-state index is 6.07. The zero-order valence-corrected chi connectivity index (χ0v) is 10.4. The molecule has 0 spiro atoms. The summed E-state index contributed by atoms with van der Waals surface area (Å²) in [5.74, 6) is 0.241. The first kappa shape index (κ1) is 12.2. The molecule has 0 aliphatic rings. The summed E-state index contributed by atoms with van der Waals surface area (Å²) in [6, 6.07) is 5.14. The summed E-state index contributed by atoms with van der Waals surface area (Å²) in [5.41, 5.74) is 5.96. The Balaban J connectivity index is 2.49. The molecule has 0 radical (unpaired) electrons. The molecule has 0 bridgehead atoms. The third-order valence-corrected chi connectivity index (χ3v) is 2.84. The molecule has 7 heteroatoms. The highest BCUT2D eigenvalue weighted by atomic mass is 35.5. The number of hydrogen-bond acceptors (Lipinski definition) is 5. The zero-order valence-electron chi connectivity index (χ0n) is 8.85. The number of methoxy groups -OCH3 is 1. The summed E-state index contributed by atoms with van der Waals surface area (Å²) in [6.07, 6.45) is -0.638. The number of nitrogens with two attached hydrogens (primary N) is 1. The van der Waals surface area contributed by atoms with Gasteiger partial charge in [0.15, 0.2) is 6.10 Å². The van der Waals surface area contributed by atoms with Gasteiger partial charge < -0.3 is 15.0 Å². The van der Waals surface area contributed by atoms with Crippen molar-refractivity contribution < 1.29 is 9.26 Å². The third kappa shape index (κ3) is 2.36. The lowest BCUT2D eigenvalue weighted by Gasteiger charge is -2.14. The number of nitrogen functional groups attached to an aromatic ring is 1. The van der Waals surface area contributed by atoms with Crippen LogP contribution in [-0.4, -0.2) is 17.3 Å². The second kappa shape index (κ2) is 4.91. The molecular weight excluding hydrogens is 265 g/mol. The maximum atomic E-state index is 6.07. The van der Waals surface area contributed by atoms with Crippen LogP contribution in [0.2, 0.25) is 10.0 Å². The van der Waals surface area contributed by atoms with Crippen LogP contribution in [0.3, 0.4) is 0 Å². The number of ether oxygens (including phenoxy) is 1. The van der Waals surface area contributed by atoms with Crippen LogP contribution in [0.1, 0.15) is 17.6 Å². The number of hydrogen-bond donors (Lipinski definition) is 1. The first-order valence-electron chi connectivity index (χ1n) is 4.69. The van der Waals surface area contributed by atoms with Gasteiger partial charge in [-0.1, -0.05) is 29.3 Å². The fourth-order valence-corrected chi connectivity index (χ4v) is 2.05. The minimum Gasteiger partial charge on any atom is -0.367 e. The van der Waals surface area contributed by atoms with E-state index in [0.717, 1.165) is 0 Å². The highest BCUT2D eigenvalue weighted by molar-refractivity contribution is 6.36. The molecule has 0 amide bonds. The first-order chi connectivity index (χ1) is 8.13. The van der Waals surface area contributed by atoms with Crippen molar-refractivity contribution >= 4 is 29.2 Å². The van der Waals surface area contributed by atoms with Crippen molar-refractivity contribution in [3.05, 3.63) is 39.7 Å². The van der Waals surface area contributed by atoms with Gasteiger partial charge in [-0.15, -0.1) is 0 Å². The standard InChI is InChI=1S/C10H9Cl2N3O2/c1-16-8(9-14-10(13)15-17-9)7-5(11)3-2-4-6(7)12/h2-4,8H,1H3,(H2,13,15). The molecule has 1 heterocycles. The number of anilines is 1. The van der Waals surface area contributed by atoms with E-state index in [1.54, 1.807) is 18.2 Å². The lowest BCUT2D eigenvalue weighted by Crippen LogP contribution is -2.06. The van der Waals surface area contributed by atoms with Gasteiger partial charge in [0.2, 0.25) is 0 Å². The van der Waals surface area contributed by atoms with Gasteiger partial charge in [0.25, 0.3) is 11.8 Å². The van der Waals surface area contributed by atoms with Crippen LogP contribution in [-0.2, 0) is 4.74 Å². The van der Waals surface area contributed by atoms with Crippen molar-refractivity contribution in [2.24, 2.45) is 0 Å². The monoisotopic (exact) mass is 273 g/mol. The van der Waals surface area contributed by atoms with Gasteiger partial charge in [-0.25, -0.2) is 0 Å². The van der Waals surface area contributed by atoms with E-state index in [9.17, 15) is 0 Å². The van der Waals surface area contributed by atoms with Crippen LogP contribution in [0.25, 0.3) is 0 Å². The zero-order chi connectivity index (χ0) is 12.4. The van der Waals surface area contributed by atoms with Gasteiger partial charge in [0, 0.05) is 22.7 Å². The molecule has 0 aliphatic heterocycles. The van der Waals surface area contributed by atoms with Crippen molar-refractivity contribution in [2.45, 2.75) is 6.10 Å². The SMILES string of the molecule is COC(c1nc(N)no1)c1c(Cl)cccc1Cl. The van der Waals surface area contributed by atoms with Crippen LogP contribution in [0.15, 0.2) is 22.7 Å². The summed E-state index contributed by atoms with van der Waals surface area (Å²) < 4.78 is 10.2. The average Bonchev–Trinajstić information content (AvgIpc) is 2.70. The fourth-order valence-electron chi connectivity index (χ4n) is 1.46. The van der Waals surface area contributed by atoms with Crippen molar-refractivity contribution in [1.82, 2.24) is 10.1 Å². The van der Waals surface area contributed by atoms with E-state index in [4.69, 9.17) is 38.2 Å². The Morgan fingerprint density at radius 1 is 1.35 bits per heavy atom. The number of halogens is 2. The van der Waals surface area contributed by atoms with Crippen LogP contribution in [0, 0.1) is 0 Å². The predicted octanol–water partition coefficient (Wildman–Crippen LogP) is 2.69. The summed E-state index contributed by atoms with van der Waals surface area (Å²) in [5, 5.41) is 4.41. The summed E-state index contributed by atoms with van der Waals surface area (Å²) in [4.78, 5) is 3.90. The van der Waals surface area contributed by atoms with Crippen molar-refractivity contribution in [1.29, 1.82) is 0 Å². The second-order valence-electron chi connectivity index (χ2n) is 3.24. The molecule has 1 aromatic heterocycles. The smallest absolute Gasteiger partial charge is 0.262 e. The van der Waals surface area contributed by atoms with Gasteiger partial charge in [0.1, 0.15) is 0 Å². The molecule has 90 valence electrons. The predicted molar refractivity (Wildman–Crippen MR) is 64.0 cm³/mol. The van der Waals surface area contributed by atoms with Crippen LogP contribution < -0.4 is 5.73 Å². The third-order valence-electron chi connectivity index (χ3n) is 2.18. The largest absolute Gasteiger partial charge is 0.367 e. The molecule has 0 saturated carbocycles. The van der Waals surface area contributed by atoms with Crippen LogP contribution >= 0.6 is 23.2 Å². The van der Waals surface area contributed by atoms with Crippen molar-refractivity contribution in [2.75, 3.05) is 12.8 Å². The van der Waals surface area contributed by atoms with Gasteiger partial charge in [-0.3, -0.25) is 0 Å². The van der Waals surface area contributed by atoms with Gasteiger partial charge in [-0.05, 0) is 17.3 Å². The van der Waals surface area contributed by atoms with E-state index < -0.39 is 6.10 Å². The quantitative estimate of drug-likeness (QED) is 0.931. The van der Waals surface area contributed by atoms with E-state index in [2.05, 4.69) is 10.1 Å². The summed E-state index contributed by atoms with van der Waals surface area (Å²) in [7, 11) is 1.49. The summed E-state index contributed by atoms with van der Waals surface area (Å²) in [6.45, 7) is 0. The Bertz CT molecular complexity index is 510. The van der Waals surface area contributed by atoms with Crippen LogP contribution in [0.5, 0.6) is 0 Å². The van der Waals surface area contributed by atoms with E-state index in [0.29, 0.717) is 15.6 Å². The topological polar surface area (TPSA) is 74.2 Å². The normalized spacial score (nSPS) is 12.6. The molecule has 0 fully saturated rings. The number of nitrogens with zero attached hydrogens (tertiary/aromatic N) is 2. The van der Waals surface area contributed by atoms with Crippen molar-refractivity contribution in [3.63, 3.8) is 0 Å². The second-order valence-corrected chi connectivity index (χ2v) is 4.06. The minimum atomic E-state index is -0.638. The Kier molecular flexibility index (Phi) is 3.51. The Morgan fingerprint density at radius 2 is 2.00 bits per heavy atom. The fraction of sp³-hybridized carbons (Fsp3) is 0.200. The molecule has 5 nitrogen and oxygen atoms in total. The minimum absolute atomic E-state index is 0.0326. The Morgan fingerprint density at radius 3 is 2.47 bits per heavy atom. The molecule has 1 atom stereocenters. The number of benzene rings is 1. The maximum Gasteiger partial charge on any atom is 0.262 e. The van der Waals surface area contributed by atoms with Gasteiger partial charge in [0.05, 0.1) is 0 Å². The number of aromatic nitrogens is 2. The van der Waals surface area contributed by atoms with E-state index in [1.807, 2.05) is 0 Å². The van der Waals surface area contributed by atoms with Crippen LogP contribution in [0.4, 0.5) is 5.95 Å². The lowest BCUT2D eigenvalue weighted by molar-refractivity contribution is 0.105. The van der Waals surface area contributed by atoms with E-state index in [1.165, 1.54) is 7.11 Å². The highest BCUT2D eigenvalue weighted by Crippen LogP contribution is 2.35. The van der Waals surface area contributed by atoms with E-state index >= 15 is 0 Å². The molecule has 1 unspecified atom stereocenters. The molecule has 2 rings (SSSR count). The molecule has 1 aromatic carbocycles. The Labute approximate surface area is 107 Å². The van der Waals surface area contributed by atoms with Gasteiger partial charge >= 0.3 is 0 Å². The molecule has 0 saturated heterocycles. The van der Waals surface area contributed by atoms with E-state index in [-0.39, 0.29) is 11.8 Å². The molecule has 0 aliphatic carbocycles.